The average Bonchev–Trinajstić information content (AvgIpc) is 3.98. The largest absolute Gasteiger partial charge is 0.309 e. The molecule has 0 amide bonds. The molecule has 2 heterocycles. The predicted octanol–water partition coefficient (Wildman–Crippen LogP) is 20.3. The van der Waals surface area contributed by atoms with Crippen molar-refractivity contribution >= 4 is 55.8 Å². The smallest absolute Gasteiger partial charge is 0.0541 e. The van der Waals surface area contributed by atoms with Crippen molar-refractivity contribution in [3.8, 4) is 67.0 Å². The number of fused-ring (bicyclic) bond motifs is 12. The first-order valence-corrected chi connectivity index (χ1v) is 27.5. The Kier molecular flexibility index (Phi) is 10.1. The van der Waals surface area contributed by atoms with Gasteiger partial charge in [-0.25, -0.2) is 0 Å². The highest BCUT2D eigenvalue weighted by atomic mass is 15.0. The van der Waals surface area contributed by atoms with E-state index in [-0.39, 0.29) is 10.8 Å². The molecule has 0 saturated carbocycles. The highest BCUT2D eigenvalue weighted by Crippen LogP contribution is 2.53. The number of aryl methyl sites for hydroxylation is 2. The maximum atomic E-state index is 2.47. The van der Waals surface area contributed by atoms with E-state index in [0.717, 1.165) is 0 Å². The van der Waals surface area contributed by atoms with Gasteiger partial charge in [0.25, 0.3) is 0 Å². The summed E-state index contributed by atoms with van der Waals surface area (Å²) in [6, 6.07) is 86.5. The number of rotatable bonds is 7. The molecule has 0 atom stereocenters. The van der Waals surface area contributed by atoms with Gasteiger partial charge in [-0.1, -0.05) is 192 Å². The lowest BCUT2D eigenvalue weighted by molar-refractivity contribution is 0.659. The zero-order valence-electron chi connectivity index (χ0n) is 45.0. The van der Waals surface area contributed by atoms with Gasteiger partial charge >= 0.3 is 0 Å². The van der Waals surface area contributed by atoms with Crippen LogP contribution in [0.5, 0.6) is 0 Å². The van der Waals surface area contributed by atoms with E-state index in [1.807, 2.05) is 0 Å². The molecular formula is C76H58N2. The SMILES string of the molecule is Cc1cc(C)cc(-n2c3ccccc3c3cc(-c4ccc5c(c4)C(C)(C)c4cc(-c6ccc7c(c6)C(C)(C)c6cc(C=Cc8ccc(-c9ccc%10c(c9)c9ccccc9n%10-c9ccccc9)cc8)ccc6-7)ccc4-5)ccc32)c1. The molecule has 2 aliphatic rings. The Bertz CT molecular complexity index is 4650. The van der Waals surface area contributed by atoms with Crippen LogP contribution in [0.25, 0.3) is 123 Å². The average molecular weight is 999 g/mol. The van der Waals surface area contributed by atoms with Crippen LogP contribution in [0, 0.1) is 13.8 Å². The van der Waals surface area contributed by atoms with Crippen molar-refractivity contribution in [1.29, 1.82) is 0 Å². The molecule has 11 aromatic carbocycles. The van der Waals surface area contributed by atoms with Gasteiger partial charge in [0.2, 0.25) is 0 Å². The third-order valence-electron chi connectivity index (χ3n) is 17.6. The van der Waals surface area contributed by atoms with Crippen LogP contribution in [-0.4, -0.2) is 9.13 Å². The van der Waals surface area contributed by atoms with Gasteiger partial charge in [0, 0.05) is 43.7 Å². The maximum absolute atomic E-state index is 2.47. The number of benzene rings is 11. The van der Waals surface area contributed by atoms with Crippen molar-refractivity contribution < 1.29 is 0 Å². The molecule has 2 heteroatoms. The summed E-state index contributed by atoms with van der Waals surface area (Å²) in [7, 11) is 0. The number of hydrogen-bond acceptors (Lipinski definition) is 0. The highest BCUT2D eigenvalue weighted by molar-refractivity contribution is 6.12. The minimum atomic E-state index is -0.167. The fourth-order valence-corrected chi connectivity index (χ4v) is 13.6. The molecule has 0 aliphatic heterocycles. The van der Waals surface area contributed by atoms with Crippen LogP contribution in [0.2, 0.25) is 0 Å². The summed E-state index contributed by atoms with van der Waals surface area (Å²) in [5.74, 6) is 0. The summed E-state index contributed by atoms with van der Waals surface area (Å²) in [6.45, 7) is 14.0. The zero-order valence-corrected chi connectivity index (χ0v) is 45.0. The second-order valence-electron chi connectivity index (χ2n) is 23.1. The molecule has 0 saturated heterocycles. The van der Waals surface area contributed by atoms with E-state index < -0.39 is 0 Å². The molecular weight excluding hydrogens is 941 g/mol. The second-order valence-corrected chi connectivity index (χ2v) is 23.1. The van der Waals surface area contributed by atoms with Crippen molar-refractivity contribution in [3.05, 3.63) is 275 Å². The van der Waals surface area contributed by atoms with E-state index in [0.29, 0.717) is 0 Å². The summed E-state index contributed by atoms with van der Waals surface area (Å²) in [6.07, 6.45) is 4.51. The lowest BCUT2D eigenvalue weighted by Crippen LogP contribution is -2.15. The Morgan fingerprint density at radius 1 is 0.282 bits per heavy atom. The molecule has 0 radical (unpaired) electrons. The van der Waals surface area contributed by atoms with Crippen molar-refractivity contribution in [1.82, 2.24) is 9.13 Å². The molecule has 0 fully saturated rings. The summed E-state index contributed by atoms with van der Waals surface area (Å²) in [4.78, 5) is 0. The first-order valence-electron chi connectivity index (χ1n) is 27.5. The third kappa shape index (κ3) is 7.09. The van der Waals surface area contributed by atoms with Crippen molar-refractivity contribution in [3.63, 3.8) is 0 Å². The molecule has 0 unspecified atom stereocenters. The lowest BCUT2D eigenvalue weighted by atomic mass is 9.79. The van der Waals surface area contributed by atoms with Gasteiger partial charge < -0.3 is 9.13 Å². The van der Waals surface area contributed by atoms with Gasteiger partial charge in [-0.2, -0.15) is 0 Å². The van der Waals surface area contributed by atoms with Gasteiger partial charge in [0.15, 0.2) is 0 Å². The minimum absolute atomic E-state index is 0.152. The molecule has 0 spiro atoms. The number of nitrogens with zero attached hydrogens (tertiary/aromatic N) is 2. The van der Waals surface area contributed by atoms with Crippen molar-refractivity contribution in [2.24, 2.45) is 0 Å². The van der Waals surface area contributed by atoms with E-state index in [1.54, 1.807) is 0 Å². The van der Waals surface area contributed by atoms with Crippen LogP contribution in [0.4, 0.5) is 0 Å². The Morgan fingerprint density at radius 3 is 1.18 bits per heavy atom. The van der Waals surface area contributed by atoms with Crippen LogP contribution >= 0.6 is 0 Å². The quantitative estimate of drug-likeness (QED) is 0.141. The van der Waals surface area contributed by atoms with E-state index in [4.69, 9.17) is 0 Å². The first kappa shape index (κ1) is 46.1. The second kappa shape index (κ2) is 17.1. The molecule has 78 heavy (non-hydrogen) atoms. The molecule has 2 nitrogen and oxygen atoms in total. The van der Waals surface area contributed by atoms with E-state index in [1.165, 1.54) is 155 Å². The standard InChI is InChI=1S/C76H58N2/c1-47-38-48(2)40-58(39-47)78-72-19-13-11-17-64(72)66-43-53(31-37-74(66)78)54-27-33-61-62-35-29-56(46-70(62)76(5,6)69(61)44-54)55-28-34-60-59-32-24-50(41-67(59)75(3,4)68(60)45-55)21-20-49-22-25-51(26-23-49)52-30-36-73-65(42-52)63-16-10-12-18-71(63)77(73)57-14-8-7-9-15-57/h7-46H,1-6H3. The fraction of sp³-hybridized carbons (Fsp3) is 0.105. The van der Waals surface area contributed by atoms with Crippen LogP contribution in [0.1, 0.15) is 72.2 Å². The fourth-order valence-electron chi connectivity index (χ4n) is 13.6. The monoisotopic (exact) mass is 998 g/mol. The molecule has 2 aliphatic carbocycles. The summed E-state index contributed by atoms with van der Waals surface area (Å²) in [5, 5.41) is 5.09. The molecule has 13 aromatic rings. The molecule has 15 rings (SSSR count). The van der Waals surface area contributed by atoms with Crippen molar-refractivity contribution in [2.75, 3.05) is 0 Å². The minimum Gasteiger partial charge on any atom is -0.309 e. The topological polar surface area (TPSA) is 9.86 Å². The maximum Gasteiger partial charge on any atom is 0.0541 e. The summed E-state index contributed by atoms with van der Waals surface area (Å²) < 4.78 is 4.80. The summed E-state index contributed by atoms with van der Waals surface area (Å²) >= 11 is 0. The van der Waals surface area contributed by atoms with E-state index in [2.05, 4.69) is 293 Å². The number of aromatic nitrogens is 2. The Balaban J connectivity index is 0.684. The molecule has 0 bridgehead atoms. The van der Waals surface area contributed by atoms with Gasteiger partial charge in [-0.05, 0) is 193 Å². The van der Waals surface area contributed by atoms with Crippen LogP contribution in [0.3, 0.4) is 0 Å². The normalized spacial score (nSPS) is 13.9. The zero-order chi connectivity index (χ0) is 52.6. The van der Waals surface area contributed by atoms with Crippen LogP contribution < -0.4 is 0 Å². The number of hydrogen-bond donors (Lipinski definition) is 0. The highest BCUT2D eigenvalue weighted by Gasteiger charge is 2.38. The molecule has 2 aromatic heterocycles. The molecule has 0 N–H and O–H groups in total. The van der Waals surface area contributed by atoms with E-state index >= 15 is 0 Å². The molecule has 372 valence electrons. The van der Waals surface area contributed by atoms with Gasteiger partial charge in [-0.15, -0.1) is 0 Å². The van der Waals surface area contributed by atoms with Crippen LogP contribution in [0.15, 0.2) is 231 Å². The lowest BCUT2D eigenvalue weighted by Gasteiger charge is -2.24. The first-order chi connectivity index (χ1) is 38.0. The predicted molar refractivity (Wildman–Crippen MR) is 331 cm³/mol. The van der Waals surface area contributed by atoms with E-state index in [9.17, 15) is 0 Å². The van der Waals surface area contributed by atoms with Gasteiger partial charge in [0.1, 0.15) is 0 Å². The number of para-hydroxylation sites is 3. The third-order valence-corrected chi connectivity index (χ3v) is 17.6. The Morgan fingerprint density at radius 2 is 0.654 bits per heavy atom. The van der Waals surface area contributed by atoms with Crippen LogP contribution in [-0.2, 0) is 10.8 Å². The Labute approximate surface area is 456 Å². The Hall–Kier alpha value is -9.24. The summed E-state index contributed by atoms with van der Waals surface area (Å²) in [5.41, 5.74) is 30.3. The van der Waals surface area contributed by atoms with Gasteiger partial charge in [-0.3, -0.25) is 0 Å². The van der Waals surface area contributed by atoms with Crippen molar-refractivity contribution in [2.45, 2.75) is 52.4 Å². The van der Waals surface area contributed by atoms with Gasteiger partial charge in [0.05, 0.1) is 22.1 Å².